The van der Waals surface area contributed by atoms with E-state index in [2.05, 4.69) is 0 Å². The number of rotatable bonds is 5. The Morgan fingerprint density at radius 1 is 1.41 bits per heavy atom. The van der Waals surface area contributed by atoms with Gasteiger partial charge in [-0.05, 0) is 18.1 Å². The van der Waals surface area contributed by atoms with Crippen LogP contribution >= 0.6 is 0 Å². The zero-order chi connectivity index (χ0) is 12.8. The fourth-order valence-electron chi connectivity index (χ4n) is 1.72. The molecule has 2 N–H and O–H groups in total. The van der Waals surface area contributed by atoms with E-state index in [0.717, 1.165) is 12.1 Å². The van der Waals surface area contributed by atoms with Gasteiger partial charge in [0, 0.05) is 0 Å². The Hall–Kier alpha value is -1.55. The summed E-state index contributed by atoms with van der Waals surface area (Å²) >= 11 is 0. The van der Waals surface area contributed by atoms with Crippen LogP contribution in [-0.2, 0) is 9.53 Å². The number of esters is 1. The number of anilines is 1. The molecule has 94 valence electrons. The highest BCUT2D eigenvalue weighted by molar-refractivity contribution is 5.80. The Morgan fingerprint density at radius 3 is 2.47 bits per heavy atom. The third-order valence-corrected chi connectivity index (χ3v) is 2.98. The number of nitrogens with two attached hydrogens (primary N) is 1. The summed E-state index contributed by atoms with van der Waals surface area (Å²) in [5.41, 5.74) is 0.809. The first-order valence-electron chi connectivity index (χ1n) is 5.78. The molecular weight excluding hydrogens is 216 g/mol. The van der Waals surface area contributed by atoms with E-state index < -0.39 is 6.04 Å². The van der Waals surface area contributed by atoms with E-state index in [9.17, 15) is 4.79 Å². The normalized spacial score (nSPS) is 13.9. The SMILES string of the molecule is CC[C@H](C)[C@@H](C(=O)OC)N(N)c1ccccc1. The van der Waals surface area contributed by atoms with Gasteiger partial charge < -0.3 is 4.74 Å². The molecule has 0 unspecified atom stereocenters. The average Bonchev–Trinajstić information content (AvgIpc) is 2.39. The number of hydrogen-bond donors (Lipinski definition) is 1. The molecule has 0 aliphatic rings. The van der Waals surface area contributed by atoms with Gasteiger partial charge in [0.15, 0.2) is 0 Å². The highest BCUT2D eigenvalue weighted by Crippen LogP contribution is 2.20. The van der Waals surface area contributed by atoms with Crippen LogP contribution in [0.5, 0.6) is 0 Å². The molecule has 0 aliphatic heterocycles. The Morgan fingerprint density at radius 2 is 2.00 bits per heavy atom. The van der Waals surface area contributed by atoms with E-state index in [1.54, 1.807) is 0 Å². The topological polar surface area (TPSA) is 55.6 Å². The summed E-state index contributed by atoms with van der Waals surface area (Å²) in [6, 6.07) is 8.98. The van der Waals surface area contributed by atoms with Crippen LogP contribution in [0.25, 0.3) is 0 Å². The molecule has 1 aromatic rings. The molecule has 0 bridgehead atoms. The van der Waals surface area contributed by atoms with E-state index in [1.807, 2.05) is 44.2 Å². The van der Waals surface area contributed by atoms with Crippen molar-refractivity contribution in [2.45, 2.75) is 26.3 Å². The maximum Gasteiger partial charge on any atom is 0.330 e. The summed E-state index contributed by atoms with van der Waals surface area (Å²) in [6.45, 7) is 4.02. The van der Waals surface area contributed by atoms with E-state index in [1.165, 1.54) is 12.1 Å². The van der Waals surface area contributed by atoms with Gasteiger partial charge in [0.05, 0.1) is 12.8 Å². The number of hydrazine groups is 1. The zero-order valence-corrected chi connectivity index (χ0v) is 10.6. The molecule has 4 nitrogen and oxygen atoms in total. The highest BCUT2D eigenvalue weighted by atomic mass is 16.5. The van der Waals surface area contributed by atoms with Gasteiger partial charge >= 0.3 is 5.97 Å². The number of hydrogen-bond acceptors (Lipinski definition) is 4. The molecule has 1 rings (SSSR count). The van der Waals surface area contributed by atoms with Gasteiger partial charge in [-0.3, -0.25) is 5.01 Å². The molecule has 2 atom stereocenters. The molecule has 1 aromatic carbocycles. The summed E-state index contributed by atoms with van der Waals surface area (Å²) in [5.74, 6) is 5.86. The first-order chi connectivity index (χ1) is 8.11. The number of ether oxygens (including phenoxy) is 1. The molecule has 0 aliphatic carbocycles. The van der Waals surface area contributed by atoms with Crippen LogP contribution in [-0.4, -0.2) is 19.1 Å². The molecular formula is C13H20N2O2. The van der Waals surface area contributed by atoms with Crippen molar-refractivity contribution in [2.24, 2.45) is 11.8 Å². The zero-order valence-electron chi connectivity index (χ0n) is 10.6. The monoisotopic (exact) mass is 236 g/mol. The largest absolute Gasteiger partial charge is 0.467 e. The summed E-state index contributed by atoms with van der Waals surface area (Å²) < 4.78 is 4.82. The first kappa shape index (κ1) is 13.5. The van der Waals surface area contributed by atoms with Gasteiger partial charge in [0.25, 0.3) is 0 Å². The Kier molecular flexibility index (Phi) is 4.97. The Bertz CT molecular complexity index is 354. The summed E-state index contributed by atoms with van der Waals surface area (Å²) in [6.07, 6.45) is 0.861. The van der Waals surface area contributed by atoms with Crippen molar-refractivity contribution >= 4 is 11.7 Å². The third-order valence-electron chi connectivity index (χ3n) is 2.98. The van der Waals surface area contributed by atoms with Gasteiger partial charge in [-0.15, -0.1) is 0 Å². The molecule has 17 heavy (non-hydrogen) atoms. The van der Waals surface area contributed by atoms with Crippen molar-refractivity contribution < 1.29 is 9.53 Å². The van der Waals surface area contributed by atoms with Gasteiger partial charge in [0.2, 0.25) is 0 Å². The standard InChI is InChI=1S/C13H20N2O2/c1-4-10(2)12(13(16)17-3)15(14)11-8-6-5-7-9-11/h5-10,12H,4,14H2,1-3H3/t10-,12-/m0/s1. The second kappa shape index (κ2) is 6.25. The van der Waals surface area contributed by atoms with Gasteiger partial charge in [-0.1, -0.05) is 38.5 Å². The number of methoxy groups -OCH3 is 1. The van der Waals surface area contributed by atoms with E-state index in [-0.39, 0.29) is 11.9 Å². The Balaban J connectivity index is 2.94. The molecule has 0 amide bonds. The van der Waals surface area contributed by atoms with Crippen LogP contribution in [0.15, 0.2) is 30.3 Å². The molecule has 0 heterocycles. The number of carbonyl (C=O) groups is 1. The molecule has 0 saturated carbocycles. The van der Waals surface area contributed by atoms with Crippen LogP contribution in [0.2, 0.25) is 0 Å². The lowest BCUT2D eigenvalue weighted by Crippen LogP contribution is -2.50. The minimum Gasteiger partial charge on any atom is -0.467 e. The number of nitrogens with zero attached hydrogens (tertiary/aromatic N) is 1. The lowest BCUT2D eigenvalue weighted by atomic mass is 9.98. The third kappa shape index (κ3) is 3.20. The fourth-order valence-corrected chi connectivity index (χ4v) is 1.72. The average molecular weight is 236 g/mol. The van der Waals surface area contributed by atoms with Gasteiger partial charge in [0.1, 0.15) is 6.04 Å². The smallest absolute Gasteiger partial charge is 0.330 e. The lowest BCUT2D eigenvalue weighted by Gasteiger charge is -2.31. The number of benzene rings is 1. The molecule has 0 saturated heterocycles. The van der Waals surface area contributed by atoms with E-state index >= 15 is 0 Å². The molecule has 0 aromatic heterocycles. The number of para-hydroxylation sites is 1. The van der Waals surface area contributed by atoms with E-state index in [4.69, 9.17) is 10.6 Å². The molecule has 0 fully saturated rings. The Labute approximate surface area is 102 Å². The van der Waals surface area contributed by atoms with E-state index in [0.29, 0.717) is 0 Å². The van der Waals surface area contributed by atoms with Gasteiger partial charge in [-0.2, -0.15) is 0 Å². The fraction of sp³-hybridized carbons (Fsp3) is 0.462. The maximum absolute atomic E-state index is 11.8. The van der Waals surface area contributed by atoms with Gasteiger partial charge in [-0.25, -0.2) is 10.6 Å². The predicted molar refractivity (Wildman–Crippen MR) is 68.4 cm³/mol. The molecule has 0 radical (unpaired) electrons. The minimum absolute atomic E-state index is 0.132. The van der Waals surface area contributed by atoms with Crippen molar-refractivity contribution in [3.63, 3.8) is 0 Å². The second-order valence-corrected chi connectivity index (χ2v) is 4.10. The van der Waals surface area contributed by atoms with Crippen molar-refractivity contribution in [1.82, 2.24) is 0 Å². The first-order valence-corrected chi connectivity index (χ1v) is 5.78. The van der Waals surface area contributed by atoms with Crippen LogP contribution in [0.3, 0.4) is 0 Å². The van der Waals surface area contributed by atoms with Crippen molar-refractivity contribution in [3.8, 4) is 0 Å². The van der Waals surface area contributed by atoms with Crippen LogP contribution in [0.4, 0.5) is 5.69 Å². The van der Waals surface area contributed by atoms with Crippen LogP contribution in [0, 0.1) is 5.92 Å². The molecule has 4 heteroatoms. The highest BCUT2D eigenvalue weighted by Gasteiger charge is 2.29. The van der Waals surface area contributed by atoms with Crippen LogP contribution in [0.1, 0.15) is 20.3 Å². The summed E-state index contributed by atoms with van der Waals surface area (Å²) in [7, 11) is 1.39. The maximum atomic E-state index is 11.8. The summed E-state index contributed by atoms with van der Waals surface area (Å²) in [4.78, 5) is 11.8. The van der Waals surface area contributed by atoms with Crippen molar-refractivity contribution in [3.05, 3.63) is 30.3 Å². The minimum atomic E-state index is -0.451. The van der Waals surface area contributed by atoms with Crippen LogP contribution < -0.4 is 10.9 Å². The molecule has 0 spiro atoms. The predicted octanol–water partition coefficient (Wildman–Crippen LogP) is 1.95. The quantitative estimate of drug-likeness (QED) is 0.482. The van der Waals surface area contributed by atoms with Crippen molar-refractivity contribution in [1.29, 1.82) is 0 Å². The summed E-state index contributed by atoms with van der Waals surface area (Å²) in [5, 5.41) is 1.49. The second-order valence-electron chi connectivity index (χ2n) is 4.10. The number of carbonyl (C=O) groups excluding carboxylic acids is 1. The lowest BCUT2D eigenvalue weighted by molar-refractivity contribution is -0.143. The van der Waals surface area contributed by atoms with Crippen molar-refractivity contribution in [2.75, 3.05) is 12.1 Å².